The highest BCUT2D eigenvalue weighted by molar-refractivity contribution is 6.99. The van der Waals surface area contributed by atoms with Crippen LogP contribution in [-0.4, -0.2) is 39.9 Å². The van der Waals surface area contributed by atoms with Gasteiger partial charge in [0.2, 0.25) is 6.71 Å². The minimum atomic E-state index is -0.0538. The first-order valence-corrected chi connectivity index (χ1v) is 16.7. The summed E-state index contributed by atoms with van der Waals surface area (Å²) in [6, 6.07) is 36.0. The van der Waals surface area contributed by atoms with E-state index in [1.54, 1.807) is 14.2 Å². The van der Waals surface area contributed by atoms with Crippen LogP contribution in [0.1, 0.15) is 58.2 Å². The topological polar surface area (TPSA) is 21.7 Å². The SMILES string of the molecule is COc1ccc(-c2ccc3c(c2)B(c2c(CN(C)C)cc(C(C)(C)C)cc2C(C)(C)C)c2cc(-c4ccc(OC)cc4)ccc2-3)cc1. The maximum atomic E-state index is 5.47. The first-order chi connectivity index (χ1) is 22.3. The molecule has 0 atom stereocenters. The standard InChI is InChI=1S/C43H48BNO2/c1-42(2,3)33-23-32(27-45(7)8)41(38(26-33)43(4,5)6)44-39-24-30(28-11-17-34(46-9)18-12-28)15-21-36(39)37-22-16-31(25-40(37)44)29-13-19-35(47-10)20-14-29/h11-26H,27H2,1-10H3. The second kappa shape index (κ2) is 12.4. The second-order valence-corrected chi connectivity index (χ2v) is 15.3. The zero-order valence-electron chi connectivity index (χ0n) is 29.8. The fourth-order valence-corrected chi connectivity index (χ4v) is 7.08. The molecular formula is C43H48BNO2. The highest BCUT2D eigenvalue weighted by Gasteiger charge is 2.39. The predicted octanol–water partition coefficient (Wildman–Crippen LogP) is 8.19. The Morgan fingerprint density at radius 2 is 1.00 bits per heavy atom. The van der Waals surface area contributed by atoms with Crippen LogP contribution in [0.3, 0.4) is 0 Å². The Labute approximate surface area is 282 Å². The average molecular weight is 622 g/mol. The Morgan fingerprint density at radius 3 is 1.38 bits per heavy atom. The Kier molecular flexibility index (Phi) is 8.61. The van der Waals surface area contributed by atoms with Crippen molar-refractivity contribution in [3.05, 3.63) is 114 Å². The Morgan fingerprint density at radius 1 is 0.553 bits per heavy atom. The number of fused-ring (bicyclic) bond motifs is 3. The van der Waals surface area contributed by atoms with Crippen molar-refractivity contribution in [2.24, 2.45) is 0 Å². The van der Waals surface area contributed by atoms with Crippen molar-refractivity contribution in [2.45, 2.75) is 58.9 Å². The fourth-order valence-electron chi connectivity index (χ4n) is 7.08. The van der Waals surface area contributed by atoms with Crippen LogP contribution in [0.15, 0.2) is 97.1 Å². The van der Waals surface area contributed by atoms with Gasteiger partial charge in [0.05, 0.1) is 14.2 Å². The van der Waals surface area contributed by atoms with E-state index in [0.717, 1.165) is 18.0 Å². The normalized spacial score (nSPS) is 12.7. The summed E-state index contributed by atoms with van der Waals surface area (Å²) in [5.41, 5.74) is 15.8. The third-order valence-corrected chi connectivity index (χ3v) is 9.58. The van der Waals surface area contributed by atoms with Crippen molar-refractivity contribution < 1.29 is 9.47 Å². The molecule has 0 fully saturated rings. The van der Waals surface area contributed by atoms with E-state index in [4.69, 9.17) is 9.47 Å². The van der Waals surface area contributed by atoms with E-state index >= 15 is 0 Å². The van der Waals surface area contributed by atoms with Gasteiger partial charge in [0.1, 0.15) is 11.5 Å². The molecule has 0 saturated heterocycles. The van der Waals surface area contributed by atoms with E-state index in [2.05, 4.69) is 133 Å². The summed E-state index contributed by atoms with van der Waals surface area (Å²) in [6.45, 7) is 15.1. The van der Waals surface area contributed by atoms with Crippen LogP contribution in [0.4, 0.5) is 0 Å². The van der Waals surface area contributed by atoms with E-state index in [-0.39, 0.29) is 17.5 Å². The number of nitrogens with zero attached hydrogens (tertiary/aromatic N) is 1. The minimum Gasteiger partial charge on any atom is -0.497 e. The number of methoxy groups -OCH3 is 2. The first kappa shape index (κ1) is 32.7. The lowest BCUT2D eigenvalue weighted by molar-refractivity contribution is 0.402. The van der Waals surface area contributed by atoms with Crippen LogP contribution in [-0.2, 0) is 17.4 Å². The molecule has 4 heteroatoms. The van der Waals surface area contributed by atoms with Gasteiger partial charge in [-0.15, -0.1) is 0 Å². The molecule has 0 radical (unpaired) electrons. The first-order valence-electron chi connectivity index (χ1n) is 16.7. The Hall–Kier alpha value is -4.28. The van der Waals surface area contributed by atoms with Gasteiger partial charge in [-0.2, -0.15) is 0 Å². The summed E-state index contributed by atoms with van der Waals surface area (Å²) in [5, 5.41) is 0. The van der Waals surface area contributed by atoms with Gasteiger partial charge in [-0.1, -0.05) is 131 Å². The maximum absolute atomic E-state index is 5.47. The van der Waals surface area contributed by atoms with E-state index in [9.17, 15) is 0 Å². The van der Waals surface area contributed by atoms with Crippen molar-refractivity contribution in [3.8, 4) is 44.9 Å². The quantitative estimate of drug-likeness (QED) is 0.168. The molecule has 1 aliphatic rings. The summed E-state index contributed by atoms with van der Waals surface area (Å²) in [4.78, 5) is 2.32. The van der Waals surface area contributed by atoms with Gasteiger partial charge in [0.25, 0.3) is 0 Å². The molecule has 0 bridgehead atoms. The van der Waals surface area contributed by atoms with Crippen LogP contribution in [0.2, 0.25) is 0 Å². The van der Waals surface area contributed by atoms with Crippen LogP contribution in [0.25, 0.3) is 33.4 Å². The molecule has 0 spiro atoms. The molecule has 0 saturated carbocycles. The molecule has 240 valence electrons. The monoisotopic (exact) mass is 621 g/mol. The van der Waals surface area contributed by atoms with E-state index in [1.165, 1.54) is 66.5 Å². The zero-order chi connectivity index (χ0) is 33.7. The Bertz CT molecular complexity index is 1810. The lowest BCUT2D eigenvalue weighted by Crippen LogP contribution is -2.54. The van der Waals surface area contributed by atoms with Gasteiger partial charge >= 0.3 is 0 Å². The molecular weight excluding hydrogens is 573 g/mol. The molecule has 6 rings (SSSR count). The van der Waals surface area contributed by atoms with Gasteiger partial charge in [0, 0.05) is 6.54 Å². The molecule has 47 heavy (non-hydrogen) atoms. The van der Waals surface area contributed by atoms with Gasteiger partial charge in [-0.3, -0.25) is 0 Å². The zero-order valence-corrected chi connectivity index (χ0v) is 29.8. The highest BCUT2D eigenvalue weighted by Crippen LogP contribution is 2.35. The minimum absolute atomic E-state index is 0.0359. The largest absolute Gasteiger partial charge is 0.497 e. The number of hydrogen-bond acceptors (Lipinski definition) is 3. The average Bonchev–Trinajstić information content (AvgIpc) is 3.36. The molecule has 0 aliphatic carbocycles. The summed E-state index contributed by atoms with van der Waals surface area (Å²) < 4.78 is 10.9. The fraction of sp³-hybridized carbons (Fsp3) is 0.302. The highest BCUT2D eigenvalue weighted by atomic mass is 16.5. The Balaban J connectivity index is 1.65. The van der Waals surface area contributed by atoms with Gasteiger partial charge < -0.3 is 14.4 Å². The maximum Gasteiger partial charge on any atom is 0.243 e. The molecule has 1 heterocycles. The summed E-state index contributed by atoms with van der Waals surface area (Å²) >= 11 is 0. The lowest BCUT2D eigenvalue weighted by atomic mass is 9.36. The summed E-state index contributed by atoms with van der Waals surface area (Å²) in [5.74, 6) is 1.74. The molecule has 1 aliphatic heterocycles. The number of benzene rings is 5. The molecule has 0 unspecified atom stereocenters. The molecule has 5 aromatic carbocycles. The third-order valence-electron chi connectivity index (χ3n) is 9.58. The van der Waals surface area contributed by atoms with Gasteiger partial charge in [-0.05, 0) is 99.3 Å². The molecule has 5 aromatic rings. The molecule has 0 aromatic heterocycles. The van der Waals surface area contributed by atoms with Crippen molar-refractivity contribution in [1.29, 1.82) is 0 Å². The van der Waals surface area contributed by atoms with Gasteiger partial charge in [-0.25, -0.2) is 0 Å². The molecule has 3 nitrogen and oxygen atoms in total. The van der Waals surface area contributed by atoms with E-state index in [1.807, 2.05) is 24.3 Å². The second-order valence-electron chi connectivity index (χ2n) is 15.3. The van der Waals surface area contributed by atoms with E-state index in [0.29, 0.717) is 0 Å². The lowest BCUT2D eigenvalue weighted by Gasteiger charge is -2.32. The molecule has 0 N–H and O–H groups in total. The van der Waals surface area contributed by atoms with Crippen LogP contribution in [0, 0.1) is 0 Å². The van der Waals surface area contributed by atoms with Crippen LogP contribution >= 0.6 is 0 Å². The third kappa shape index (κ3) is 6.36. The summed E-state index contributed by atoms with van der Waals surface area (Å²) in [7, 11) is 7.81. The van der Waals surface area contributed by atoms with Crippen molar-refractivity contribution >= 4 is 23.1 Å². The van der Waals surface area contributed by atoms with Crippen molar-refractivity contribution in [1.82, 2.24) is 4.90 Å². The van der Waals surface area contributed by atoms with Crippen molar-refractivity contribution in [2.75, 3.05) is 28.3 Å². The van der Waals surface area contributed by atoms with Crippen LogP contribution < -0.4 is 25.9 Å². The smallest absolute Gasteiger partial charge is 0.243 e. The predicted molar refractivity (Wildman–Crippen MR) is 202 cm³/mol. The molecule has 0 amide bonds. The van der Waals surface area contributed by atoms with Crippen molar-refractivity contribution in [3.63, 3.8) is 0 Å². The van der Waals surface area contributed by atoms with E-state index < -0.39 is 0 Å². The number of hydrogen-bond donors (Lipinski definition) is 0. The number of ether oxygens (including phenoxy) is 2. The summed E-state index contributed by atoms with van der Waals surface area (Å²) in [6.07, 6.45) is 0. The van der Waals surface area contributed by atoms with Gasteiger partial charge in [0.15, 0.2) is 0 Å². The number of rotatable bonds is 7. The van der Waals surface area contributed by atoms with Crippen LogP contribution in [0.5, 0.6) is 11.5 Å².